The molecule has 0 aliphatic carbocycles. The lowest BCUT2D eigenvalue weighted by Gasteiger charge is -2.35. The molecule has 0 bridgehead atoms. The first kappa shape index (κ1) is 17.4. The van der Waals surface area contributed by atoms with E-state index in [9.17, 15) is 19.2 Å². The van der Waals surface area contributed by atoms with Crippen LogP contribution in [-0.4, -0.2) is 59.1 Å². The summed E-state index contributed by atoms with van der Waals surface area (Å²) >= 11 is 1.36. The topological polar surface area (TPSA) is 78.0 Å². The smallest absolute Gasteiger partial charge is 0.332 e. The van der Waals surface area contributed by atoms with Gasteiger partial charge in [-0.25, -0.2) is 9.69 Å². The Morgan fingerprint density at radius 2 is 1.81 bits per heavy atom. The fourth-order valence-electron chi connectivity index (χ4n) is 3.42. The van der Waals surface area contributed by atoms with Gasteiger partial charge in [0.25, 0.3) is 11.8 Å². The Kier molecular flexibility index (Phi) is 4.27. The molecule has 2 fully saturated rings. The summed E-state index contributed by atoms with van der Waals surface area (Å²) in [5.74, 6) is -0.547. The van der Waals surface area contributed by atoms with Crippen LogP contribution in [-0.2, 0) is 4.79 Å². The molecule has 3 heterocycles. The number of imide groups is 1. The van der Waals surface area contributed by atoms with Gasteiger partial charge in [-0.05, 0) is 42.6 Å². The number of carbonyl (C=O) groups is 4. The summed E-state index contributed by atoms with van der Waals surface area (Å²) in [6.07, 6.45) is 0. The number of hydrogen-bond acceptors (Lipinski definition) is 5. The summed E-state index contributed by atoms with van der Waals surface area (Å²) in [7, 11) is 0. The van der Waals surface area contributed by atoms with E-state index in [1.807, 2.05) is 11.4 Å². The highest BCUT2D eigenvalue weighted by Gasteiger charge is 2.49. The number of hydrogen-bond donors (Lipinski definition) is 0. The molecule has 27 heavy (non-hydrogen) atoms. The normalized spacial score (nSPS) is 19.4. The number of piperazine rings is 1. The average molecular weight is 383 g/mol. The summed E-state index contributed by atoms with van der Waals surface area (Å²) < 4.78 is 0. The SMILES string of the molecule is CC(=O)c1ccc(N2C(=O)[C@H]3CN(C(=O)c4cccs4)CCN3C2=O)cc1. The summed E-state index contributed by atoms with van der Waals surface area (Å²) in [4.78, 5) is 54.5. The molecule has 1 aromatic carbocycles. The predicted molar refractivity (Wildman–Crippen MR) is 100 cm³/mol. The lowest BCUT2D eigenvalue weighted by Crippen LogP contribution is -2.54. The van der Waals surface area contributed by atoms with Gasteiger partial charge in [-0.15, -0.1) is 11.3 Å². The first-order chi connectivity index (χ1) is 13.0. The minimum Gasteiger partial charge on any atom is -0.334 e. The Morgan fingerprint density at radius 3 is 2.44 bits per heavy atom. The van der Waals surface area contributed by atoms with Crippen molar-refractivity contribution >= 4 is 40.7 Å². The van der Waals surface area contributed by atoms with Crippen LogP contribution < -0.4 is 4.90 Å². The van der Waals surface area contributed by atoms with Gasteiger partial charge >= 0.3 is 6.03 Å². The number of benzene rings is 1. The zero-order valence-electron chi connectivity index (χ0n) is 14.6. The van der Waals surface area contributed by atoms with E-state index in [2.05, 4.69) is 0 Å². The van der Waals surface area contributed by atoms with Crippen molar-refractivity contribution in [3.8, 4) is 0 Å². The molecule has 2 saturated heterocycles. The van der Waals surface area contributed by atoms with Gasteiger partial charge in [0, 0.05) is 18.7 Å². The van der Waals surface area contributed by atoms with Crippen molar-refractivity contribution in [3.05, 3.63) is 52.2 Å². The highest BCUT2D eigenvalue weighted by atomic mass is 32.1. The van der Waals surface area contributed by atoms with E-state index in [1.165, 1.54) is 23.2 Å². The van der Waals surface area contributed by atoms with E-state index in [-0.39, 0.29) is 30.2 Å². The highest BCUT2D eigenvalue weighted by Crippen LogP contribution is 2.28. The van der Waals surface area contributed by atoms with Crippen molar-refractivity contribution in [1.29, 1.82) is 0 Å². The summed E-state index contributed by atoms with van der Waals surface area (Å²) in [6.45, 7) is 2.35. The van der Waals surface area contributed by atoms with Crippen LogP contribution in [0.2, 0.25) is 0 Å². The fraction of sp³-hybridized carbons (Fsp3) is 0.263. The number of urea groups is 1. The Morgan fingerprint density at radius 1 is 1.07 bits per heavy atom. The van der Waals surface area contributed by atoms with Crippen molar-refractivity contribution in [2.75, 3.05) is 24.5 Å². The molecule has 7 nitrogen and oxygen atoms in total. The van der Waals surface area contributed by atoms with Gasteiger partial charge in [0.1, 0.15) is 6.04 Å². The molecule has 0 saturated carbocycles. The van der Waals surface area contributed by atoms with Crippen LogP contribution in [0.3, 0.4) is 0 Å². The molecule has 1 atom stereocenters. The number of thiophene rings is 1. The summed E-state index contributed by atoms with van der Waals surface area (Å²) in [6, 6.07) is 8.89. The van der Waals surface area contributed by atoms with Gasteiger partial charge in [0.15, 0.2) is 5.78 Å². The lowest BCUT2D eigenvalue weighted by atomic mass is 10.1. The standard InChI is InChI=1S/C19H17N3O4S/c1-12(23)13-4-6-14(7-5-13)22-17(24)15-11-20(8-9-21(15)19(22)26)18(25)16-3-2-10-27-16/h2-7,10,15H,8-9,11H2,1H3/t15-/m1/s1. The number of nitrogens with zero attached hydrogens (tertiary/aromatic N) is 3. The largest absolute Gasteiger partial charge is 0.334 e. The zero-order valence-corrected chi connectivity index (χ0v) is 15.4. The third-order valence-electron chi connectivity index (χ3n) is 4.87. The molecule has 1 aromatic heterocycles. The number of carbonyl (C=O) groups excluding carboxylic acids is 4. The summed E-state index contributed by atoms with van der Waals surface area (Å²) in [5, 5.41) is 1.83. The molecule has 4 amide bonds. The van der Waals surface area contributed by atoms with E-state index < -0.39 is 6.04 Å². The molecule has 2 aliphatic heterocycles. The van der Waals surface area contributed by atoms with Crippen molar-refractivity contribution < 1.29 is 19.2 Å². The van der Waals surface area contributed by atoms with Crippen molar-refractivity contribution in [3.63, 3.8) is 0 Å². The van der Waals surface area contributed by atoms with E-state index in [4.69, 9.17) is 0 Å². The second-order valence-electron chi connectivity index (χ2n) is 6.50. The number of anilines is 1. The van der Waals surface area contributed by atoms with E-state index in [1.54, 1.807) is 35.2 Å². The van der Waals surface area contributed by atoms with Crippen LogP contribution in [0.5, 0.6) is 0 Å². The van der Waals surface area contributed by atoms with E-state index in [0.717, 1.165) is 4.90 Å². The Balaban J connectivity index is 1.55. The Bertz CT molecular complexity index is 923. The third kappa shape index (κ3) is 2.91. The first-order valence-corrected chi connectivity index (χ1v) is 9.43. The molecular weight excluding hydrogens is 366 g/mol. The van der Waals surface area contributed by atoms with Crippen LogP contribution in [0.4, 0.5) is 10.5 Å². The van der Waals surface area contributed by atoms with Crippen molar-refractivity contribution in [2.45, 2.75) is 13.0 Å². The Labute approximate surface area is 159 Å². The number of amides is 4. The van der Waals surface area contributed by atoms with Gasteiger partial charge in [0.05, 0.1) is 17.1 Å². The monoisotopic (exact) mass is 383 g/mol. The molecule has 2 aromatic rings. The molecule has 2 aliphatic rings. The highest BCUT2D eigenvalue weighted by molar-refractivity contribution is 7.12. The quantitative estimate of drug-likeness (QED) is 0.602. The predicted octanol–water partition coefficient (Wildman–Crippen LogP) is 2.24. The minimum absolute atomic E-state index is 0.0826. The molecule has 0 radical (unpaired) electrons. The Hall–Kier alpha value is -3.00. The van der Waals surface area contributed by atoms with Gasteiger partial charge in [-0.3, -0.25) is 14.4 Å². The van der Waals surface area contributed by atoms with Gasteiger partial charge in [0.2, 0.25) is 0 Å². The van der Waals surface area contributed by atoms with Crippen LogP contribution >= 0.6 is 11.3 Å². The molecule has 0 N–H and O–H groups in total. The molecule has 8 heteroatoms. The molecule has 138 valence electrons. The van der Waals surface area contributed by atoms with Crippen LogP contribution in [0.25, 0.3) is 0 Å². The maximum Gasteiger partial charge on any atom is 0.332 e. The molecule has 0 spiro atoms. The van der Waals surface area contributed by atoms with E-state index in [0.29, 0.717) is 29.2 Å². The second kappa shape index (κ2) is 6.62. The number of fused-ring (bicyclic) bond motifs is 1. The van der Waals surface area contributed by atoms with Crippen LogP contribution in [0.15, 0.2) is 41.8 Å². The van der Waals surface area contributed by atoms with Gasteiger partial charge < -0.3 is 9.80 Å². The van der Waals surface area contributed by atoms with Crippen LogP contribution in [0, 0.1) is 0 Å². The van der Waals surface area contributed by atoms with Gasteiger partial charge in [-0.2, -0.15) is 0 Å². The maximum atomic E-state index is 12.9. The zero-order chi connectivity index (χ0) is 19.1. The average Bonchev–Trinajstić information content (AvgIpc) is 3.29. The van der Waals surface area contributed by atoms with Crippen LogP contribution in [0.1, 0.15) is 27.0 Å². The number of ketones is 1. The molecule has 4 rings (SSSR count). The maximum absolute atomic E-state index is 12.9. The van der Waals surface area contributed by atoms with Crippen molar-refractivity contribution in [2.24, 2.45) is 0 Å². The minimum atomic E-state index is -0.678. The number of Topliss-reactive ketones (excluding diaryl/α,β-unsaturated/α-hetero) is 1. The third-order valence-corrected chi connectivity index (χ3v) is 5.73. The summed E-state index contributed by atoms with van der Waals surface area (Å²) in [5.41, 5.74) is 0.948. The number of rotatable bonds is 3. The van der Waals surface area contributed by atoms with Gasteiger partial charge in [-0.1, -0.05) is 6.07 Å². The van der Waals surface area contributed by atoms with Crippen molar-refractivity contribution in [1.82, 2.24) is 9.80 Å². The molecule has 0 unspecified atom stereocenters. The second-order valence-corrected chi connectivity index (χ2v) is 7.44. The first-order valence-electron chi connectivity index (χ1n) is 8.55. The van der Waals surface area contributed by atoms with E-state index >= 15 is 0 Å². The molecular formula is C19H17N3O4S. The lowest BCUT2D eigenvalue weighted by molar-refractivity contribution is -0.120. The fourth-order valence-corrected chi connectivity index (χ4v) is 4.11.